The summed E-state index contributed by atoms with van der Waals surface area (Å²) < 4.78 is 13.1. The van der Waals surface area contributed by atoms with Gasteiger partial charge in [-0.2, -0.15) is 5.10 Å². The van der Waals surface area contributed by atoms with E-state index < -0.39 is 0 Å². The van der Waals surface area contributed by atoms with Crippen LogP contribution < -0.4 is 10.1 Å². The van der Waals surface area contributed by atoms with Crippen molar-refractivity contribution in [3.05, 3.63) is 46.7 Å². The molecular formula is C18H25ClIN5O2. The molecule has 0 bridgehead atoms. The highest BCUT2D eigenvalue weighted by Gasteiger charge is 2.25. The second-order valence-electron chi connectivity index (χ2n) is 6.11. The number of nitrogens with zero attached hydrogens (tertiary/aromatic N) is 4. The second kappa shape index (κ2) is 10.1. The molecule has 1 fully saturated rings. The lowest BCUT2D eigenvalue weighted by atomic mass is 10.1. The van der Waals surface area contributed by atoms with Gasteiger partial charge in [-0.25, -0.2) is 0 Å². The Hall–Kier alpha value is -1.52. The van der Waals surface area contributed by atoms with E-state index in [1.54, 1.807) is 18.8 Å². The minimum absolute atomic E-state index is 0. The number of aromatic nitrogens is 2. The van der Waals surface area contributed by atoms with Crippen molar-refractivity contribution in [1.29, 1.82) is 0 Å². The standard InChI is InChI=1S/C18H24ClN5O2.HI/c1-20-18(21-9-13-4-5-15(19)8-16(13)25-3)24-6-7-26-17(12-24)14-10-22-23(2)11-14;/h4-5,8,10-11,17H,6-7,9,12H2,1-3H3,(H,20,21);1H. The van der Waals surface area contributed by atoms with E-state index >= 15 is 0 Å². The Labute approximate surface area is 181 Å². The van der Waals surface area contributed by atoms with Crippen LogP contribution >= 0.6 is 35.6 Å². The van der Waals surface area contributed by atoms with Crippen molar-refractivity contribution >= 4 is 41.5 Å². The molecule has 1 aromatic carbocycles. The molecule has 3 rings (SSSR count). The summed E-state index contributed by atoms with van der Waals surface area (Å²) in [6, 6.07) is 5.63. The normalized spacial score (nSPS) is 17.4. The van der Waals surface area contributed by atoms with Crippen LogP contribution in [-0.4, -0.2) is 54.5 Å². The van der Waals surface area contributed by atoms with Gasteiger partial charge in [0.1, 0.15) is 11.9 Å². The average molecular weight is 506 g/mol. The number of rotatable bonds is 4. The summed E-state index contributed by atoms with van der Waals surface area (Å²) in [6.07, 6.45) is 3.83. The zero-order valence-electron chi connectivity index (χ0n) is 15.7. The summed E-state index contributed by atoms with van der Waals surface area (Å²) in [4.78, 5) is 6.62. The molecule has 0 saturated carbocycles. The number of halogens is 2. The minimum atomic E-state index is -0.0129. The number of aryl methyl sites for hydroxylation is 1. The van der Waals surface area contributed by atoms with Crippen LogP contribution in [-0.2, 0) is 18.3 Å². The highest BCUT2D eigenvalue weighted by molar-refractivity contribution is 14.0. The quantitative estimate of drug-likeness (QED) is 0.393. The molecule has 0 radical (unpaired) electrons. The van der Waals surface area contributed by atoms with Crippen molar-refractivity contribution in [2.45, 2.75) is 12.6 Å². The number of hydrogen-bond donors (Lipinski definition) is 1. The van der Waals surface area contributed by atoms with Gasteiger partial charge in [0.05, 0.1) is 26.5 Å². The first-order valence-electron chi connectivity index (χ1n) is 8.49. The van der Waals surface area contributed by atoms with Gasteiger partial charge in [-0.05, 0) is 12.1 Å². The van der Waals surface area contributed by atoms with Crippen LogP contribution in [0.25, 0.3) is 0 Å². The zero-order chi connectivity index (χ0) is 18.5. The first-order valence-corrected chi connectivity index (χ1v) is 8.86. The monoisotopic (exact) mass is 505 g/mol. The SMILES string of the molecule is CN=C(NCc1ccc(Cl)cc1OC)N1CCOC(c2cnn(C)c2)C1.I. The molecule has 1 aliphatic heterocycles. The van der Waals surface area contributed by atoms with E-state index in [4.69, 9.17) is 21.1 Å². The third kappa shape index (κ3) is 5.49. The Morgan fingerprint density at radius 1 is 1.48 bits per heavy atom. The van der Waals surface area contributed by atoms with Gasteiger partial charge in [0.25, 0.3) is 0 Å². The molecule has 9 heteroatoms. The molecule has 1 N–H and O–H groups in total. The van der Waals surface area contributed by atoms with Crippen molar-refractivity contribution in [1.82, 2.24) is 20.0 Å². The Morgan fingerprint density at radius 2 is 2.30 bits per heavy atom. The molecule has 0 aliphatic carbocycles. The predicted octanol–water partition coefficient (Wildman–Crippen LogP) is 2.85. The molecule has 0 amide bonds. The molecule has 27 heavy (non-hydrogen) atoms. The summed E-state index contributed by atoms with van der Waals surface area (Å²) in [5.41, 5.74) is 2.10. The number of guanidine groups is 1. The smallest absolute Gasteiger partial charge is 0.194 e. The topological polar surface area (TPSA) is 63.9 Å². The third-order valence-electron chi connectivity index (χ3n) is 4.36. The van der Waals surface area contributed by atoms with E-state index in [1.165, 1.54) is 0 Å². The Morgan fingerprint density at radius 3 is 2.96 bits per heavy atom. The maximum Gasteiger partial charge on any atom is 0.194 e. The zero-order valence-corrected chi connectivity index (χ0v) is 18.8. The molecular weight excluding hydrogens is 481 g/mol. The molecule has 148 valence electrons. The van der Waals surface area contributed by atoms with E-state index in [1.807, 2.05) is 37.6 Å². The number of hydrogen-bond acceptors (Lipinski definition) is 4. The van der Waals surface area contributed by atoms with E-state index in [-0.39, 0.29) is 30.1 Å². The molecule has 2 heterocycles. The molecule has 1 aromatic heterocycles. The lowest BCUT2D eigenvalue weighted by Crippen LogP contribution is -2.47. The number of nitrogens with one attached hydrogen (secondary N) is 1. The van der Waals surface area contributed by atoms with E-state index in [2.05, 4.69) is 20.3 Å². The van der Waals surface area contributed by atoms with Crippen LogP contribution in [0, 0.1) is 0 Å². The first kappa shape index (κ1) is 21.8. The maximum atomic E-state index is 6.03. The van der Waals surface area contributed by atoms with Gasteiger partial charge in [-0.15, -0.1) is 24.0 Å². The number of morpholine rings is 1. The summed E-state index contributed by atoms with van der Waals surface area (Å²) in [5.74, 6) is 1.59. The molecule has 1 saturated heterocycles. The van der Waals surface area contributed by atoms with Crippen LogP contribution in [0.1, 0.15) is 17.2 Å². The van der Waals surface area contributed by atoms with Crippen LogP contribution in [0.3, 0.4) is 0 Å². The summed E-state index contributed by atoms with van der Waals surface area (Å²) in [7, 11) is 5.34. The van der Waals surface area contributed by atoms with Crippen molar-refractivity contribution in [2.75, 3.05) is 33.9 Å². The maximum absolute atomic E-state index is 6.03. The van der Waals surface area contributed by atoms with Gasteiger partial charge in [-0.3, -0.25) is 9.67 Å². The Kier molecular flexibility index (Phi) is 8.18. The third-order valence-corrected chi connectivity index (χ3v) is 4.60. The summed E-state index contributed by atoms with van der Waals surface area (Å²) in [6.45, 7) is 2.75. The van der Waals surface area contributed by atoms with E-state index in [0.717, 1.165) is 35.9 Å². The lowest BCUT2D eigenvalue weighted by molar-refractivity contribution is -0.00805. The molecule has 7 nitrogen and oxygen atoms in total. The number of benzene rings is 1. The van der Waals surface area contributed by atoms with Gasteiger partial charge in [0, 0.05) is 49.5 Å². The number of aliphatic imine (C=N–C) groups is 1. The van der Waals surface area contributed by atoms with Gasteiger partial charge < -0.3 is 19.7 Å². The minimum Gasteiger partial charge on any atom is -0.496 e. The number of methoxy groups -OCH3 is 1. The van der Waals surface area contributed by atoms with Gasteiger partial charge in [0.2, 0.25) is 0 Å². The second-order valence-corrected chi connectivity index (χ2v) is 6.55. The molecule has 1 atom stereocenters. The highest BCUT2D eigenvalue weighted by atomic mass is 127. The van der Waals surface area contributed by atoms with Crippen molar-refractivity contribution < 1.29 is 9.47 Å². The Balaban J connectivity index is 0.00000261. The molecule has 1 aliphatic rings. The fraction of sp³-hybridized carbons (Fsp3) is 0.444. The van der Waals surface area contributed by atoms with Crippen LogP contribution in [0.5, 0.6) is 5.75 Å². The lowest BCUT2D eigenvalue weighted by Gasteiger charge is -2.34. The van der Waals surface area contributed by atoms with Crippen molar-refractivity contribution in [3.8, 4) is 5.75 Å². The van der Waals surface area contributed by atoms with Crippen LogP contribution in [0.2, 0.25) is 5.02 Å². The summed E-state index contributed by atoms with van der Waals surface area (Å²) >= 11 is 6.03. The van der Waals surface area contributed by atoms with Crippen LogP contribution in [0.15, 0.2) is 35.6 Å². The van der Waals surface area contributed by atoms with Gasteiger partial charge in [-0.1, -0.05) is 17.7 Å². The Bertz CT molecular complexity index is 783. The van der Waals surface area contributed by atoms with Crippen molar-refractivity contribution in [2.24, 2.45) is 12.0 Å². The fourth-order valence-electron chi connectivity index (χ4n) is 3.02. The molecule has 2 aromatic rings. The predicted molar refractivity (Wildman–Crippen MR) is 117 cm³/mol. The van der Waals surface area contributed by atoms with E-state index in [9.17, 15) is 0 Å². The molecule has 0 spiro atoms. The number of ether oxygens (including phenoxy) is 2. The highest BCUT2D eigenvalue weighted by Crippen LogP contribution is 2.24. The molecule has 1 unspecified atom stereocenters. The first-order chi connectivity index (χ1) is 12.6. The summed E-state index contributed by atoms with van der Waals surface area (Å²) in [5, 5.41) is 8.29. The average Bonchev–Trinajstić information content (AvgIpc) is 3.10. The van der Waals surface area contributed by atoms with Crippen molar-refractivity contribution in [3.63, 3.8) is 0 Å². The van der Waals surface area contributed by atoms with Gasteiger partial charge >= 0.3 is 0 Å². The van der Waals surface area contributed by atoms with Gasteiger partial charge in [0.15, 0.2) is 5.96 Å². The van der Waals surface area contributed by atoms with E-state index in [0.29, 0.717) is 18.2 Å². The largest absolute Gasteiger partial charge is 0.496 e. The van der Waals surface area contributed by atoms with Crippen LogP contribution in [0.4, 0.5) is 0 Å². The fourth-order valence-corrected chi connectivity index (χ4v) is 3.18.